The minimum atomic E-state index is -4.52. The summed E-state index contributed by atoms with van der Waals surface area (Å²) in [6.07, 6.45) is -2.01. The number of nitrogens with zero attached hydrogens (tertiary/aromatic N) is 6. The minimum Gasteiger partial charge on any atom is -0.462 e. The van der Waals surface area contributed by atoms with Gasteiger partial charge in [-0.05, 0) is 25.8 Å². The Morgan fingerprint density at radius 3 is 2.87 bits per heavy atom. The molecule has 1 saturated carbocycles. The van der Waals surface area contributed by atoms with E-state index in [1.54, 1.807) is 11.9 Å². The number of anilines is 1. The fraction of sp³-hybridized carbons (Fsp3) is 0.556. The second-order valence-electron chi connectivity index (χ2n) is 7.48. The van der Waals surface area contributed by atoms with Gasteiger partial charge in [0, 0.05) is 29.8 Å². The van der Waals surface area contributed by atoms with Crippen molar-refractivity contribution >= 4 is 39.3 Å². The van der Waals surface area contributed by atoms with Crippen LogP contribution in [0.15, 0.2) is 6.07 Å². The number of halogens is 3. The summed E-state index contributed by atoms with van der Waals surface area (Å²) in [5.41, 5.74) is 0. The Bertz CT molecular complexity index is 1100. The van der Waals surface area contributed by atoms with Crippen LogP contribution in [0, 0.1) is 6.92 Å². The number of aryl methyl sites for hydroxylation is 1. The first-order valence-electron chi connectivity index (χ1n) is 9.92. The van der Waals surface area contributed by atoms with Crippen LogP contribution < -0.4 is 14.4 Å². The Kier molecular flexibility index (Phi) is 5.42. The monoisotopic (exact) mass is 471 g/mol. The highest BCUT2D eigenvalue weighted by Crippen LogP contribution is 2.35. The highest BCUT2D eigenvalue weighted by Gasteiger charge is 2.39. The Balaban J connectivity index is 1.36. The van der Waals surface area contributed by atoms with E-state index in [-0.39, 0.29) is 24.9 Å². The van der Waals surface area contributed by atoms with Crippen LogP contribution in [0.3, 0.4) is 0 Å². The number of alkyl halides is 3. The zero-order valence-electron chi connectivity index (χ0n) is 16.6. The van der Waals surface area contributed by atoms with Gasteiger partial charge in [0.15, 0.2) is 5.82 Å². The van der Waals surface area contributed by atoms with Crippen molar-refractivity contribution < 1.29 is 17.9 Å². The number of ether oxygens (including phenoxy) is 1. The minimum absolute atomic E-state index is 0.129. The Morgan fingerprint density at radius 2 is 2.10 bits per heavy atom. The van der Waals surface area contributed by atoms with E-state index in [1.807, 2.05) is 17.9 Å². The zero-order chi connectivity index (χ0) is 21.6. The smallest absolute Gasteiger partial charge is 0.451 e. The number of hydrogen-bond acceptors (Lipinski definition) is 9. The van der Waals surface area contributed by atoms with Gasteiger partial charge in [-0.15, -0.1) is 21.5 Å². The highest BCUT2D eigenvalue weighted by molar-refractivity contribution is 7.98. The molecule has 0 radical (unpaired) electrons. The van der Waals surface area contributed by atoms with Crippen LogP contribution in [0.25, 0.3) is 10.2 Å². The summed E-state index contributed by atoms with van der Waals surface area (Å²) in [4.78, 5) is 12.9. The Morgan fingerprint density at radius 1 is 1.26 bits per heavy atom. The summed E-state index contributed by atoms with van der Waals surface area (Å²) in [6.45, 7) is 3.76. The molecular weight excluding hydrogens is 451 g/mol. The molecule has 0 atom stereocenters. The molecule has 166 valence electrons. The molecule has 1 fully saturated rings. The van der Waals surface area contributed by atoms with Gasteiger partial charge in [0.25, 0.3) is 0 Å². The molecule has 8 nitrogen and oxygen atoms in total. The summed E-state index contributed by atoms with van der Waals surface area (Å²) in [6, 6.07) is 2.26. The molecular formula is C18H20F3N7OS2. The lowest BCUT2D eigenvalue weighted by molar-refractivity contribution is -0.147. The topological polar surface area (TPSA) is 81.0 Å². The van der Waals surface area contributed by atoms with E-state index in [0.29, 0.717) is 30.8 Å². The average Bonchev–Trinajstić information content (AvgIpc) is 3.30. The van der Waals surface area contributed by atoms with E-state index in [0.717, 1.165) is 19.7 Å². The van der Waals surface area contributed by atoms with E-state index in [4.69, 9.17) is 4.74 Å². The van der Waals surface area contributed by atoms with Crippen molar-refractivity contribution in [3.63, 3.8) is 0 Å². The van der Waals surface area contributed by atoms with Crippen molar-refractivity contribution in [1.82, 2.24) is 29.5 Å². The zero-order valence-corrected chi connectivity index (χ0v) is 18.3. The van der Waals surface area contributed by atoms with Gasteiger partial charge in [0.05, 0.1) is 11.9 Å². The quantitative estimate of drug-likeness (QED) is 0.415. The number of hydrogen-bond donors (Lipinski definition) is 1. The normalized spacial score (nSPS) is 16.7. The van der Waals surface area contributed by atoms with E-state index in [2.05, 4.69) is 24.9 Å². The molecule has 31 heavy (non-hydrogen) atoms. The predicted octanol–water partition coefficient (Wildman–Crippen LogP) is 3.41. The third kappa shape index (κ3) is 4.44. The van der Waals surface area contributed by atoms with E-state index in [9.17, 15) is 13.2 Å². The average molecular weight is 472 g/mol. The van der Waals surface area contributed by atoms with Crippen LogP contribution in [0.2, 0.25) is 0 Å². The molecule has 3 aromatic heterocycles. The number of thiophene rings is 1. The first-order chi connectivity index (χ1) is 14.9. The fourth-order valence-electron chi connectivity index (χ4n) is 3.41. The van der Waals surface area contributed by atoms with Gasteiger partial charge in [-0.1, -0.05) is 11.9 Å². The molecule has 0 amide bonds. The first-order valence-corrected chi connectivity index (χ1v) is 11.6. The van der Waals surface area contributed by atoms with Crippen molar-refractivity contribution in [2.45, 2.75) is 44.3 Å². The maximum absolute atomic E-state index is 13.1. The lowest BCUT2D eigenvalue weighted by Crippen LogP contribution is -2.36. The molecule has 0 aromatic carbocycles. The molecule has 0 unspecified atom stereocenters. The number of aromatic nitrogens is 5. The summed E-state index contributed by atoms with van der Waals surface area (Å²) in [5.74, 6) is -0.0458. The van der Waals surface area contributed by atoms with Gasteiger partial charge in [0.1, 0.15) is 17.3 Å². The lowest BCUT2D eigenvalue weighted by Gasteiger charge is -2.29. The van der Waals surface area contributed by atoms with Gasteiger partial charge in [-0.25, -0.2) is 0 Å². The van der Waals surface area contributed by atoms with E-state index in [1.165, 1.54) is 24.2 Å². The van der Waals surface area contributed by atoms with Crippen molar-refractivity contribution in [1.29, 1.82) is 0 Å². The lowest BCUT2D eigenvalue weighted by atomic mass is 10.3. The summed E-state index contributed by atoms with van der Waals surface area (Å²) < 4.78 is 49.6. The van der Waals surface area contributed by atoms with Gasteiger partial charge in [-0.3, -0.25) is 4.72 Å². The number of nitrogens with one attached hydrogen (secondary N) is 1. The molecule has 1 N–H and O–H groups in total. The van der Waals surface area contributed by atoms with Crippen LogP contribution in [-0.2, 0) is 19.3 Å². The molecule has 1 aliphatic carbocycles. The predicted molar refractivity (Wildman–Crippen MR) is 112 cm³/mol. The van der Waals surface area contributed by atoms with Crippen molar-refractivity contribution in [2.75, 3.05) is 24.6 Å². The third-order valence-corrected chi connectivity index (χ3v) is 7.11. The Hall–Kier alpha value is -2.12. The molecule has 0 saturated heterocycles. The molecule has 1 aliphatic heterocycles. The maximum atomic E-state index is 13.1. The Labute approximate surface area is 184 Å². The van der Waals surface area contributed by atoms with Crippen molar-refractivity contribution in [2.24, 2.45) is 0 Å². The number of fused-ring (bicyclic) bond motifs is 2. The van der Waals surface area contributed by atoms with Gasteiger partial charge in [-0.2, -0.15) is 23.1 Å². The van der Waals surface area contributed by atoms with Crippen LogP contribution in [-0.4, -0.2) is 49.7 Å². The van der Waals surface area contributed by atoms with Crippen LogP contribution in [0.5, 0.6) is 6.01 Å². The van der Waals surface area contributed by atoms with Crippen LogP contribution in [0.4, 0.5) is 19.0 Å². The van der Waals surface area contributed by atoms with Gasteiger partial charge < -0.3 is 14.2 Å². The highest BCUT2D eigenvalue weighted by atomic mass is 32.2. The third-order valence-electron chi connectivity index (χ3n) is 4.99. The van der Waals surface area contributed by atoms with E-state index >= 15 is 0 Å². The molecule has 2 aliphatic rings. The molecule has 0 bridgehead atoms. The number of rotatable bonds is 7. The summed E-state index contributed by atoms with van der Waals surface area (Å²) in [7, 11) is 0. The second kappa shape index (κ2) is 8.10. The van der Waals surface area contributed by atoms with Gasteiger partial charge >= 0.3 is 12.2 Å². The summed E-state index contributed by atoms with van der Waals surface area (Å²) >= 11 is 3.27. The van der Waals surface area contributed by atoms with E-state index < -0.39 is 12.0 Å². The largest absolute Gasteiger partial charge is 0.462 e. The molecule has 3 aromatic rings. The van der Waals surface area contributed by atoms with Crippen LogP contribution in [0.1, 0.15) is 29.4 Å². The molecule has 13 heteroatoms. The molecule has 5 rings (SSSR count). The van der Waals surface area contributed by atoms with Crippen molar-refractivity contribution in [3.05, 3.63) is 22.6 Å². The van der Waals surface area contributed by atoms with Crippen molar-refractivity contribution in [3.8, 4) is 6.01 Å². The standard InChI is InChI=1S/C18H20F3N7OS2/c1-10-8-12-14(27-5-6-28-13(9-27)25-26-16(28)18(19,20)21)23-17(24-15(12)30-10)29-7-4-22-31-11-2-3-11/h8,11,22H,2-7,9H2,1H3. The second-order valence-corrected chi connectivity index (χ2v) is 9.90. The first kappa shape index (κ1) is 20.8. The maximum Gasteiger partial charge on any atom is 0.451 e. The summed E-state index contributed by atoms with van der Waals surface area (Å²) in [5, 5.41) is 8.69. The fourth-order valence-corrected chi connectivity index (χ4v) is 5.08. The molecule has 4 heterocycles. The van der Waals surface area contributed by atoms with Gasteiger partial charge in [0.2, 0.25) is 5.82 Å². The SMILES string of the molecule is Cc1cc2c(N3CCn4c(nnc4C(F)(F)F)C3)nc(OCCNSC3CC3)nc2s1. The molecule has 0 spiro atoms. The van der Waals surface area contributed by atoms with Crippen LogP contribution >= 0.6 is 23.3 Å².